The lowest BCUT2D eigenvalue weighted by Crippen LogP contribution is -1.90. The summed E-state index contributed by atoms with van der Waals surface area (Å²) >= 11 is 5.97. The molecule has 0 spiro atoms. The molecule has 0 unspecified atom stereocenters. The van der Waals surface area contributed by atoms with Gasteiger partial charge in [-0.25, -0.2) is 9.97 Å². The number of fused-ring (bicyclic) bond motifs is 3. The van der Waals surface area contributed by atoms with Gasteiger partial charge in [0.25, 0.3) is 0 Å². The second-order valence-electron chi connectivity index (χ2n) is 3.35. The molecule has 2 heterocycles. The van der Waals surface area contributed by atoms with Gasteiger partial charge in [-0.3, -0.25) is 0 Å². The lowest BCUT2D eigenvalue weighted by Gasteiger charge is -2.02. The minimum atomic E-state index is 0.498. The normalized spacial score (nSPS) is 14.6. The Morgan fingerprint density at radius 2 is 2.29 bits per heavy atom. The van der Waals surface area contributed by atoms with Crippen LogP contribution >= 0.6 is 11.6 Å². The molecule has 0 saturated carbocycles. The highest BCUT2D eigenvalue weighted by molar-refractivity contribution is 6.33. The van der Waals surface area contributed by atoms with Gasteiger partial charge < -0.3 is 4.98 Å². The van der Waals surface area contributed by atoms with Crippen LogP contribution in [0, 0.1) is 0 Å². The molecular formula is C10H8ClN3. The zero-order chi connectivity index (χ0) is 9.54. The van der Waals surface area contributed by atoms with Crippen LogP contribution in [0.2, 0.25) is 5.15 Å². The van der Waals surface area contributed by atoms with Gasteiger partial charge in [0.05, 0.1) is 0 Å². The average molecular weight is 206 g/mol. The highest BCUT2D eigenvalue weighted by Crippen LogP contribution is 2.28. The largest absolute Gasteiger partial charge is 0.354 e. The first-order valence-corrected chi connectivity index (χ1v) is 4.91. The fourth-order valence-electron chi connectivity index (χ4n) is 1.85. The van der Waals surface area contributed by atoms with Crippen LogP contribution in [-0.4, -0.2) is 15.0 Å². The van der Waals surface area contributed by atoms with Crippen molar-refractivity contribution in [3.63, 3.8) is 0 Å². The maximum absolute atomic E-state index is 5.97. The summed E-state index contributed by atoms with van der Waals surface area (Å²) in [5.74, 6) is 0. The van der Waals surface area contributed by atoms with Crippen molar-refractivity contribution in [2.75, 3.05) is 0 Å². The second kappa shape index (κ2) is 2.82. The molecule has 14 heavy (non-hydrogen) atoms. The van der Waals surface area contributed by atoms with Gasteiger partial charge in [-0.15, -0.1) is 0 Å². The maximum atomic E-state index is 5.97. The van der Waals surface area contributed by atoms with Gasteiger partial charge in [0, 0.05) is 11.3 Å². The molecule has 4 heteroatoms. The molecule has 0 saturated heterocycles. The van der Waals surface area contributed by atoms with Crippen LogP contribution in [0.15, 0.2) is 12.4 Å². The van der Waals surface area contributed by atoms with Gasteiger partial charge >= 0.3 is 0 Å². The van der Waals surface area contributed by atoms with Crippen molar-refractivity contribution in [1.82, 2.24) is 15.0 Å². The zero-order valence-electron chi connectivity index (χ0n) is 7.42. The number of aryl methyl sites for hydroxylation is 1. The Morgan fingerprint density at radius 3 is 3.21 bits per heavy atom. The van der Waals surface area contributed by atoms with Gasteiger partial charge in [-0.1, -0.05) is 23.8 Å². The van der Waals surface area contributed by atoms with E-state index in [2.05, 4.69) is 27.1 Å². The Kier molecular flexibility index (Phi) is 1.61. The summed E-state index contributed by atoms with van der Waals surface area (Å²) in [4.78, 5) is 11.5. The van der Waals surface area contributed by atoms with Gasteiger partial charge in [0.1, 0.15) is 17.4 Å². The van der Waals surface area contributed by atoms with E-state index in [0.29, 0.717) is 5.15 Å². The highest BCUT2D eigenvalue weighted by Gasteiger charge is 2.14. The smallest absolute Gasteiger partial charge is 0.156 e. The number of allylic oxidation sites excluding steroid dienone is 1. The number of aromatic amines is 1. The van der Waals surface area contributed by atoms with E-state index in [0.717, 1.165) is 29.4 Å². The van der Waals surface area contributed by atoms with E-state index in [1.807, 2.05) is 0 Å². The van der Waals surface area contributed by atoms with Crippen LogP contribution in [0.25, 0.3) is 17.1 Å². The third-order valence-corrected chi connectivity index (χ3v) is 2.79. The van der Waals surface area contributed by atoms with Crippen molar-refractivity contribution in [1.29, 1.82) is 0 Å². The topological polar surface area (TPSA) is 41.6 Å². The summed E-state index contributed by atoms with van der Waals surface area (Å²) < 4.78 is 0. The average Bonchev–Trinajstić information content (AvgIpc) is 2.59. The molecule has 0 aromatic carbocycles. The summed E-state index contributed by atoms with van der Waals surface area (Å²) in [6, 6.07) is 0. The van der Waals surface area contributed by atoms with Crippen LogP contribution in [0.3, 0.4) is 0 Å². The number of hydrogen-bond acceptors (Lipinski definition) is 2. The minimum absolute atomic E-state index is 0.498. The summed E-state index contributed by atoms with van der Waals surface area (Å²) in [5.41, 5.74) is 4.15. The van der Waals surface area contributed by atoms with Crippen molar-refractivity contribution >= 4 is 28.7 Å². The lowest BCUT2D eigenvalue weighted by atomic mass is 10.1. The Bertz CT molecular complexity index is 527. The Labute approximate surface area is 85.8 Å². The summed E-state index contributed by atoms with van der Waals surface area (Å²) in [5, 5.41) is 0.498. The molecule has 0 amide bonds. The van der Waals surface area contributed by atoms with Gasteiger partial charge in [0.2, 0.25) is 0 Å². The lowest BCUT2D eigenvalue weighted by molar-refractivity contribution is 0.950. The number of H-pyrrole nitrogens is 1. The molecule has 0 bridgehead atoms. The minimum Gasteiger partial charge on any atom is -0.354 e. The third kappa shape index (κ3) is 0.990. The van der Waals surface area contributed by atoms with E-state index in [1.54, 1.807) is 0 Å². The van der Waals surface area contributed by atoms with E-state index in [1.165, 1.54) is 12.0 Å². The van der Waals surface area contributed by atoms with Crippen molar-refractivity contribution < 1.29 is 0 Å². The molecule has 2 aromatic heterocycles. The second-order valence-corrected chi connectivity index (χ2v) is 3.70. The molecule has 3 rings (SSSR count). The molecule has 1 N–H and O–H groups in total. The predicted octanol–water partition coefficient (Wildman–Crippen LogP) is 2.57. The van der Waals surface area contributed by atoms with Crippen LogP contribution < -0.4 is 0 Å². The van der Waals surface area contributed by atoms with Crippen LogP contribution in [0.1, 0.15) is 17.7 Å². The molecule has 0 radical (unpaired) electrons. The molecular weight excluding hydrogens is 198 g/mol. The standard InChI is InChI=1S/C10H8ClN3/c11-10-9-8(12-5-13-10)6-3-1-2-4-7(6)14-9/h1,3,5,14H,2,4H2. The van der Waals surface area contributed by atoms with Crippen molar-refractivity contribution in [2.24, 2.45) is 0 Å². The van der Waals surface area contributed by atoms with Crippen LogP contribution in [0.4, 0.5) is 0 Å². The molecule has 70 valence electrons. The molecule has 3 nitrogen and oxygen atoms in total. The van der Waals surface area contributed by atoms with E-state index in [-0.39, 0.29) is 0 Å². The maximum Gasteiger partial charge on any atom is 0.156 e. The molecule has 0 aliphatic heterocycles. The van der Waals surface area contributed by atoms with Crippen LogP contribution in [0.5, 0.6) is 0 Å². The summed E-state index contributed by atoms with van der Waals surface area (Å²) in [6.45, 7) is 0. The SMILES string of the molecule is Clc1ncnc2c3c([nH]c12)CCC=C3. The van der Waals surface area contributed by atoms with E-state index >= 15 is 0 Å². The van der Waals surface area contributed by atoms with E-state index in [9.17, 15) is 0 Å². The number of nitrogens with zero attached hydrogens (tertiary/aromatic N) is 2. The molecule has 0 fully saturated rings. The molecule has 2 aromatic rings. The van der Waals surface area contributed by atoms with Crippen molar-refractivity contribution in [3.05, 3.63) is 28.8 Å². The third-order valence-electron chi connectivity index (χ3n) is 2.50. The molecule has 1 aliphatic carbocycles. The van der Waals surface area contributed by atoms with Gasteiger partial charge in [-0.2, -0.15) is 0 Å². The number of nitrogens with one attached hydrogen (secondary N) is 1. The van der Waals surface area contributed by atoms with Crippen LogP contribution in [-0.2, 0) is 6.42 Å². The van der Waals surface area contributed by atoms with E-state index in [4.69, 9.17) is 11.6 Å². The predicted molar refractivity (Wildman–Crippen MR) is 56.3 cm³/mol. The number of halogens is 1. The summed E-state index contributed by atoms with van der Waals surface area (Å²) in [6.07, 6.45) is 7.86. The summed E-state index contributed by atoms with van der Waals surface area (Å²) in [7, 11) is 0. The molecule has 0 atom stereocenters. The monoisotopic (exact) mass is 205 g/mol. The Hall–Kier alpha value is -1.35. The first-order valence-electron chi connectivity index (χ1n) is 4.54. The number of rotatable bonds is 0. The quantitative estimate of drug-likeness (QED) is 0.672. The highest BCUT2D eigenvalue weighted by atomic mass is 35.5. The fraction of sp³-hybridized carbons (Fsp3) is 0.200. The zero-order valence-corrected chi connectivity index (χ0v) is 8.17. The first kappa shape index (κ1) is 8.00. The number of hydrogen-bond donors (Lipinski definition) is 1. The van der Waals surface area contributed by atoms with Gasteiger partial charge in [-0.05, 0) is 12.8 Å². The Balaban J connectivity index is 2.43. The first-order chi connectivity index (χ1) is 6.86. The Morgan fingerprint density at radius 1 is 1.36 bits per heavy atom. The van der Waals surface area contributed by atoms with Crippen molar-refractivity contribution in [3.8, 4) is 0 Å². The van der Waals surface area contributed by atoms with E-state index < -0.39 is 0 Å². The number of aromatic nitrogens is 3. The fourth-order valence-corrected chi connectivity index (χ4v) is 2.03. The molecule has 1 aliphatic rings. The van der Waals surface area contributed by atoms with Crippen molar-refractivity contribution in [2.45, 2.75) is 12.8 Å². The van der Waals surface area contributed by atoms with Gasteiger partial charge in [0.15, 0.2) is 5.15 Å².